The number of anilines is 3. The molecule has 0 aliphatic carbocycles. The van der Waals surface area contributed by atoms with Crippen LogP contribution in [0, 0.1) is 0 Å². The number of hydrogen-bond acceptors (Lipinski definition) is 5. The first kappa shape index (κ1) is 19.1. The third-order valence-electron chi connectivity index (χ3n) is 4.56. The molecule has 30 heavy (non-hydrogen) atoms. The topological polar surface area (TPSA) is 65.3 Å². The fraction of sp³-hybridized carbons (Fsp3) is 0. The smallest absolute Gasteiger partial charge is 0.153 e. The van der Waals surface area contributed by atoms with Crippen molar-refractivity contribution in [1.82, 2.24) is 0 Å². The van der Waals surface area contributed by atoms with Crippen molar-refractivity contribution in [2.24, 2.45) is 10.2 Å². The fourth-order valence-corrected chi connectivity index (χ4v) is 3.08. The fourth-order valence-electron chi connectivity index (χ4n) is 3.08. The third-order valence-corrected chi connectivity index (χ3v) is 4.56. The van der Waals surface area contributed by atoms with Crippen LogP contribution < -0.4 is 4.90 Å². The number of nitrogens with zero attached hydrogens (tertiary/aromatic N) is 3. The van der Waals surface area contributed by atoms with Gasteiger partial charge in [0.15, 0.2) is 6.29 Å². The van der Waals surface area contributed by atoms with E-state index in [9.17, 15) is 9.90 Å². The summed E-state index contributed by atoms with van der Waals surface area (Å²) in [5, 5.41) is 18.0. The minimum atomic E-state index is -0.0739. The number of benzene rings is 4. The molecule has 4 aromatic rings. The number of carbonyl (C=O) groups is 1. The van der Waals surface area contributed by atoms with Gasteiger partial charge in [0.25, 0.3) is 0 Å². The number of phenols is 1. The van der Waals surface area contributed by atoms with Gasteiger partial charge < -0.3 is 10.0 Å². The van der Waals surface area contributed by atoms with E-state index in [2.05, 4.69) is 39.4 Å². The Hall–Kier alpha value is -4.25. The Bertz CT molecular complexity index is 1120. The van der Waals surface area contributed by atoms with Crippen molar-refractivity contribution in [3.8, 4) is 5.75 Å². The zero-order valence-corrected chi connectivity index (χ0v) is 16.1. The predicted molar refractivity (Wildman–Crippen MR) is 119 cm³/mol. The highest BCUT2D eigenvalue weighted by Gasteiger charge is 2.11. The lowest BCUT2D eigenvalue weighted by Crippen LogP contribution is -2.09. The quantitative estimate of drug-likeness (QED) is 0.281. The van der Waals surface area contributed by atoms with Gasteiger partial charge in [-0.15, -0.1) is 0 Å². The normalized spacial score (nSPS) is 10.8. The van der Waals surface area contributed by atoms with Crippen LogP contribution in [0.25, 0.3) is 0 Å². The highest BCUT2D eigenvalue weighted by atomic mass is 16.3. The number of carbonyl (C=O) groups excluding carboxylic acids is 1. The van der Waals surface area contributed by atoms with Crippen LogP contribution in [-0.4, -0.2) is 11.4 Å². The average molecular weight is 393 g/mol. The van der Waals surface area contributed by atoms with Gasteiger partial charge in [-0.2, -0.15) is 10.2 Å². The molecule has 0 saturated heterocycles. The molecule has 1 N–H and O–H groups in total. The lowest BCUT2D eigenvalue weighted by Gasteiger charge is -2.25. The first-order chi connectivity index (χ1) is 14.7. The molecule has 0 unspecified atom stereocenters. The Balaban J connectivity index is 1.62. The van der Waals surface area contributed by atoms with Crippen molar-refractivity contribution in [3.63, 3.8) is 0 Å². The zero-order chi connectivity index (χ0) is 20.8. The van der Waals surface area contributed by atoms with Gasteiger partial charge >= 0.3 is 0 Å². The van der Waals surface area contributed by atoms with Crippen molar-refractivity contribution in [2.75, 3.05) is 4.90 Å². The van der Waals surface area contributed by atoms with E-state index in [4.69, 9.17) is 0 Å². The van der Waals surface area contributed by atoms with Crippen LogP contribution in [0.1, 0.15) is 10.4 Å². The van der Waals surface area contributed by atoms with Crippen molar-refractivity contribution in [2.45, 2.75) is 0 Å². The number of rotatable bonds is 6. The largest absolute Gasteiger partial charge is 0.507 e. The Morgan fingerprint density at radius 3 is 1.70 bits per heavy atom. The Kier molecular flexibility index (Phi) is 5.62. The number of phenolic OH excluding ortho intramolecular Hbond substituents is 1. The number of hydrogen-bond donors (Lipinski definition) is 1. The van der Waals surface area contributed by atoms with Crippen molar-refractivity contribution in [1.29, 1.82) is 0 Å². The molecule has 0 amide bonds. The highest BCUT2D eigenvalue weighted by molar-refractivity contribution is 5.81. The molecule has 0 radical (unpaired) electrons. The molecule has 0 saturated carbocycles. The molecule has 146 valence electrons. The summed E-state index contributed by atoms with van der Waals surface area (Å²) in [6, 6.07) is 32.6. The van der Waals surface area contributed by atoms with Gasteiger partial charge in [-0.3, -0.25) is 4.79 Å². The molecule has 0 aromatic heterocycles. The second-order valence-corrected chi connectivity index (χ2v) is 6.58. The number of para-hydroxylation sites is 2. The van der Waals surface area contributed by atoms with E-state index in [0.717, 1.165) is 17.1 Å². The molecular formula is C25H19N3O2. The minimum absolute atomic E-state index is 0.0739. The summed E-state index contributed by atoms with van der Waals surface area (Å²) >= 11 is 0. The first-order valence-electron chi connectivity index (χ1n) is 9.45. The van der Waals surface area contributed by atoms with E-state index in [-0.39, 0.29) is 11.3 Å². The molecule has 0 bridgehead atoms. The maximum absolute atomic E-state index is 11.0. The second-order valence-electron chi connectivity index (χ2n) is 6.58. The number of aldehydes is 1. The molecule has 0 aliphatic heterocycles. The summed E-state index contributed by atoms with van der Waals surface area (Å²) in [5.74, 6) is -0.0739. The molecule has 0 fully saturated rings. The third kappa shape index (κ3) is 4.25. The lowest BCUT2D eigenvalue weighted by atomic mass is 10.2. The first-order valence-corrected chi connectivity index (χ1v) is 9.45. The van der Waals surface area contributed by atoms with Gasteiger partial charge in [0.2, 0.25) is 0 Å². The molecule has 5 nitrogen and oxygen atoms in total. The van der Waals surface area contributed by atoms with E-state index in [0.29, 0.717) is 17.7 Å². The van der Waals surface area contributed by atoms with Crippen molar-refractivity contribution in [3.05, 3.63) is 109 Å². The molecule has 0 heterocycles. The van der Waals surface area contributed by atoms with Crippen LogP contribution in [-0.2, 0) is 0 Å². The summed E-state index contributed by atoms with van der Waals surface area (Å²) in [6.45, 7) is 0. The standard InChI is InChI=1S/C25H19N3O2/c29-18-19-17-21(13-16-25(19)30)27-26-20-11-14-24(15-12-20)28(22-7-3-1-4-8-22)23-9-5-2-6-10-23/h1-18,30H. The predicted octanol–water partition coefficient (Wildman–Crippen LogP) is 7.09. The van der Waals surface area contributed by atoms with Gasteiger partial charge in [-0.25, -0.2) is 0 Å². The van der Waals surface area contributed by atoms with Crippen LogP contribution >= 0.6 is 0 Å². The minimum Gasteiger partial charge on any atom is -0.507 e. The van der Waals surface area contributed by atoms with Gasteiger partial charge in [0.05, 0.1) is 16.9 Å². The van der Waals surface area contributed by atoms with E-state index >= 15 is 0 Å². The van der Waals surface area contributed by atoms with Crippen LogP contribution in [0.4, 0.5) is 28.4 Å². The van der Waals surface area contributed by atoms with Crippen molar-refractivity contribution < 1.29 is 9.90 Å². The molecule has 0 aliphatic rings. The zero-order valence-electron chi connectivity index (χ0n) is 16.1. The van der Waals surface area contributed by atoms with E-state index in [1.54, 1.807) is 6.07 Å². The van der Waals surface area contributed by atoms with E-state index in [1.807, 2.05) is 60.7 Å². The SMILES string of the molecule is O=Cc1cc(N=Nc2ccc(N(c3ccccc3)c3ccccc3)cc2)ccc1O. The second kappa shape index (κ2) is 8.84. The van der Waals surface area contributed by atoms with Gasteiger partial charge in [0, 0.05) is 17.1 Å². The van der Waals surface area contributed by atoms with Gasteiger partial charge in [-0.1, -0.05) is 36.4 Å². The monoisotopic (exact) mass is 393 g/mol. The number of azo groups is 1. The summed E-state index contributed by atoms with van der Waals surface area (Å²) in [7, 11) is 0. The summed E-state index contributed by atoms with van der Waals surface area (Å²) in [6.07, 6.45) is 0.588. The Labute approximate surface area is 174 Å². The molecule has 0 atom stereocenters. The maximum Gasteiger partial charge on any atom is 0.153 e. The van der Waals surface area contributed by atoms with E-state index in [1.165, 1.54) is 12.1 Å². The maximum atomic E-state index is 11.0. The van der Waals surface area contributed by atoms with Crippen LogP contribution in [0.3, 0.4) is 0 Å². The average Bonchev–Trinajstić information content (AvgIpc) is 2.81. The van der Waals surface area contributed by atoms with Gasteiger partial charge in [-0.05, 0) is 66.7 Å². The highest BCUT2D eigenvalue weighted by Crippen LogP contribution is 2.35. The number of aromatic hydroxyl groups is 1. The molecule has 4 rings (SSSR count). The summed E-state index contributed by atoms with van der Waals surface area (Å²) in [4.78, 5) is 13.1. The molecule has 4 aromatic carbocycles. The molecule has 5 heteroatoms. The Morgan fingerprint density at radius 1 is 0.633 bits per heavy atom. The molecular weight excluding hydrogens is 374 g/mol. The van der Waals surface area contributed by atoms with E-state index < -0.39 is 0 Å². The van der Waals surface area contributed by atoms with Crippen LogP contribution in [0.2, 0.25) is 0 Å². The lowest BCUT2D eigenvalue weighted by molar-refractivity contribution is 0.112. The van der Waals surface area contributed by atoms with Crippen LogP contribution in [0.15, 0.2) is 113 Å². The van der Waals surface area contributed by atoms with Gasteiger partial charge in [0.1, 0.15) is 5.75 Å². The van der Waals surface area contributed by atoms with Crippen LogP contribution in [0.5, 0.6) is 5.75 Å². The summed E-state index contributed by atoms with van der Waals surface area (Å²) < 4.78 is 0. The Morgan fingerprint density at radius 2 is 1.13 bits per heavy atom. The van der Waals surface area contributed by atoms with Crippen molar-refractivity contribution >= 4 is 34.7 Å². The summed E-state index contributed by atoms with van der Waals surface area (Å²) in [5.41, 5.74) is 4.48. The molecule has 0 spiro atoms.